The largest absolute Gasteiger partial charge is 0.480 e. The first-order valence-electron chi connectivity index (χ1n) is 11.3. The van der Waals surface area contributed by atoms with Gasteiger partial charge in [0.15, 0.2) is 5.54 Å². The number of amides is 4. The summed E-state index contributed by atoms with van der Waals surface area (Å²) in [6, 6.07) is 4.99. The summed E-state index contributed by atoms with van der Waals surface area (Å²) in [5.41, 5.74) is 1.30. The Morgan fingerprint density at radius 2 is 1.79 bits per heavy atom. The first kappa shape index (κ1) is 22.8. The average molecular weight is 455 g/mol. The number of imide groups is 1. The molecule has 1 saturated heterocycles. The van der Waals surface area contributed by atoms with Crippen LogP contribution < -0.4 is 5.32 Å². The van der Waals surface area contributed by atoms with Crippen molar-refractivity contribution < 1.29 is 24.3 Å². The van der Waals surface area contributed by atoms with Crippen LogP contribution in [0.4, 0.5) is 4.79 Å². The lowest BCUT2D eigenvalue weighted by Crippen LogP contribution is -2.57. The number of fused-ring (bicyclic) bond motifs is 5. The van der Waals surface area contributed by atoms with Gasteiger partial charge in [0.1, 0.15) is 12.1 Å². The number of urea groups is 1. The van der Waals surface area contributed by atoms with Crippen LogP contribution in [0.3, 0.4) is 0 Å². The topological polar surface area (TPSA) is 123 Å². The number of carbonyl (C=O) groups is 4. The summed E-state index contributed by atoms with van der Waals surface area (Å²) in [4.78, 5) is 58.1. The zero-order valence-electron chi connectivity index (χ0n) is 19.5. The molecule has 1 aromatic heterocycles. The van der Waals surface area contributed by atoms with Crippen LogP contribution in [-0.4, -0.2) is 62.3 Å². The molecule has 176 valence electrons. The number of aromatic amines is 1. The Morgan fingerprint density at radius 3 is 2.39 bits per heavy atom. The number of nitrogens with one attached hydrogen (secondary N) is 2. The van der Waals surface area contributed by atoms with Crippen LogP contribution in [0.1, 0.15) is 45.9 Å². The van der Waals surface area contributed by atoms with E-state index in [2.05, 4.69) is 10.3 Å². The molecule has 0 unspecified atom stereocenters. The van der Waals surface area contributed by atoms with Gasteiger partial charge in [-0.05, 0) is 36.8 Å². The molecule has 4 rings (SSSR count). The molecule has 4 amide bonds. The second-order valence-corrected chi connectivity index (χ2v) is 9.71. The van der Waals surface area contributed by atoms with E-state index in [-0.39, 0.29) is 5.92 Å². The third-order valence-corrected chi connectivity index (χ3v) is 6.91. The minimum Gasteiger partial charge on any atom is -0.480 e. The van der Waals surface area contributed by atoms with Gasteiger partial charge in [0.25, 0.3) is 5.91 Å². The molecule has 3 N–H and O–H groups in total. The number of nitrogens with zero attached hydrogens (tertiary/aromatic N) is 2. The highest BCUT2D eigenvalue weighted by atomic mass is 16.4. The van der Waals surface area contributed by atoms with Crippen molar-refractivity contribution in [2.24, 2.45) is 11.8 Å². The summed E-state index contributed by atoms with van der Waals surface area (Å²) >= 11 is 0. The fourth-order valence-electron chi connectivity index (χ4n) is 5.13. The number of hydrogen-bond donors (Lipinski definition) is 3. The van der Waals surface area contributed by atoms with Gasteiger partial charge in [-0.3, -0.25) is 9.59 Å². The van der Waals surface area contributed by atoms with Crippen molar-refractivity contribution in [3.63, 3.8) is 0 Å². The summed E-state index contributed by atoms with van der Waals surface area (Å²) in [6.45, 7) is 8.92. The summed E-state index contributed by atoms with van der Waals surface area (Å²) < 4.78 is 0. The number of hydrogen-bond acceptors (Lipinski definition) is 4. The maximum absolute atomic E-state index is 13.9. The highest BCUT2D eigenvalue weighted by Gasteiger charge is 2.61. The Balaban J connectivity index is 1.74. The van der Waals surface area contributed by atoms with Gasteiger partial charge in [-0.1, -0.05) is 45.9 Å². The quantitative estimate of drug-likeness (QED) is 0.579. The van der Waals surface area contributed by atoms with Crippen molar-refractivity contribution in [2.75, 3.05) is 6.54 Å². The second kappa shape index (κ2) is 7.90. The third-order valence-electron chi connectivity index (χ3n) is 6.91. The lowest BCUT2D eigenvalue weighted by Gasteiger charge is -2.36. The average Bonchev–Trinajstić information content (AvgIpc) is 3.21. The maximum Gasteiger partial charge on any atom is 0.328 e. The van der Waals surface area contributed by atoms with E-state index in [9.17, 15) is 24.3 Å². The molecule has 2 aromatic rings. The van der Waals surface area contributed by atoms with Gasteiger partial charge in [0.05, 0.1) is 5.69 Å². The monoisotopic (exact) mass is 454 g/mol. The molecule has 2 aliphatic heterocycles. The molecule has 2 aliphatic rings. The zero-order valence-corrected chi connectivity index (χ0v) is 19.5. The number of aliphatic carboxylic acids is 1. The van der Waals surface area contributed by atoms with E-state index in [0.29, 0.717) is 18.7 Å². The summed E-state index contributed by atoms with van der Waals surface area (Å²) in [5, 5.41) is 13.1. The molecule has 1 aromatic carbocycles. The summed E-state index contributed by atoms with van der Waals surface area (Å²) in [5.74, 6) is -3.06. The van der Waals surface area contributed by atoms with Crippen molar-refractivity contribution in [3.8, 4) is 0 Å². The fraction of sp³-hybridized carbons (Fsp3) is 0.500. The SMILES string of the molecule is CC(C)[C@@H](C(=O)N[C@@H](C(=O)O)C(C)C)N1C(=O)N2CCc3c([nH]c4ccccc34)[C@@]2(C)C1=O. The van der Waals surface area contributed by atoms with Gasteiger partial charge < -0.3 is 20.3 Å². The van der Waals surface area contributed by atoms with Crippen LogP contribution in [0.2, 0.25) is 0 Å². The molecule has 3 heterocycles. The van der Waals surface area contributed by atoms with Crippen molar-refractivity contribution >= 4 is 34.7 Å². The minimum atomic E-state index is -1.26. The van der Waals surface area contributed by atoms with Gasteiger partial charge in [-0.15, -0.1) is 0 Å². The van der Waals surface area contributed by atoms with E-state index in [0.717, 1.165) is 21.4 Å². The van der Waals surface area contributed by atoms with E-state index in [1.165, 1.54) is 4.90 Å². The Morgan fingerprint density at radius 1 is 1.12 bits per heavy atom. The standard InChI is InChI=1S/C24H30N4O5/c1-12(2)17(21(30)31)26-20(29)18(13(3)4)28-22(32)24(5)19-15(10-11-27(24)23(28)33)14-8-6-7-9-16(14)25-19/h6-9,12-13,17-18,25H,10-11H2,1-5H3,(H,26,29)(H,30,31)/t17-,18+,24+/m1/s1. The van der Waals surface area contributed by atoms with Gasteiger partial charge in [-0.25, -0.2) is 14.5 Å². The predicted octanol–water partition coefficient (Wildman–Crippen LogP) is 2.45. The second-order valence-electron chi connectivity index (χ2n) is 9.71. The number of aromatic nitrogens is 1. The number of para-hydroxylation sites is 1. The van der Waals surface area contributed by atoms with E-state index in [1.54, 1.807) is 34.6 Å². The maximum atomic E-state index is 13.9. The van der Waals surface area contributed by atoms with Crippen LogP contribution in [0, 0.1) is 11.8 Å². The van der Waals surface area contributed by atoms with Crippen LogP contribution in [0.15, 0.2) is 24.3 Å². The summed E-state index contributed by atoms with van der Waals surface area (Å²) in [7, 11) is 0. The molecular weight excluding hydrogens is 424 g/mol. The molecule has 0 aliphatic carbocycles. The molecule has 1 fully saturated rings. The molecule has 0 saturated carbocycles. The first-order chi connectivity index (χ1) is 15.5. The lowest BCUT2D eigenvalue weighted by molar-refractivity contribution is -0.145. The van der Waals surface area contributed by atoms with Gasteiger partial charge >= 0.3 is 12.0 Å². The number of carboxylic acids is 1. The van der Waals surface area contributed by atoms with Gasteiger partial charge in [0, 0.05) is 17.4 Å². The minimum absolute atomic E-state index is 0.350. The van der Waals surface area contributed by atoms with E-state index < -0.39 is 47.4 Å². The summed E-state index contributed by atoms with van der Waals surface area (Å²) in [6.07, 6.45) is 0.592. The molecule has 33 heavy (non-hydrogen) atoms. The molecule has 9 nitrogen and oxygen atoms in total. The number of carboxylic acid groups (broad SMARTS) is 1. The molecule has 0 radical (unpaired) electrons. The van der Waals surface area contributed by atoms with Crippen LogP contribution in [-0.2, 0) is 26.3 Å². The normalized spacial score (nSPS) is 22.0. The first-order valence-corrected chi connectivity index (χ1v) is 11.3. The highest BCUT2D eigenvalue weighted by molar-refractivity contribution is 6.11. The highest BCUT2D eigenvalue weighted by Crippen LogP contribution is 2.45. The molecular formula is C24H30N4O5. The lowest BCUT2D eigenvalue weighted by atomic mass is 9.86. The zero-order chi connectivity index (χ0) is 24.2. The Bertz CT molecular complexity index is 1150. The Labute approximate surface area is 192 Å². The fourth-order valence-corrected chi connectivity index (χ4v) is 5.13. The third kappa shape index (κ3) is 3.29. The number of rotatable bonds is 6. The van der Waals surface area contributed by atoms with Crippen molar-refractivity contribution in [1.82, 2.24) is 20.1 Å². The Hall–Kier alpha value is -3.36. The number of benzene rings is 1. The smallest absolute Gasteiger partial charge is 0.328 e. The predicted molar refractivity (Wildman–Crippen MR) is 121 cm³/mol. The van der Waals surface area contributed by atoms with Crippen molar-refractivity contribution in [2.45, 2.75) is 58.7 Å². The van der Waals surface area contributed by atoms with E-state index in [4.69, 9.17) is 0 Å². The number of H-pyrrole nitrogens is 1. The van der Waals surface area contributed by atoms with Crippen molar-refractivity contribution in [3.05, 3.63) is 35.5 Å². The van der Waals surface area contributed by atoms with Gasteiger partial charge in [0.2, 0.25) is 5.91 Å². The van der Waals surface area contributed by atoms with Crippen LogP contribution >= 0.6 is 0 Å². The van der Waals surface area contributed by atoms with Gasteiger partial charge in [-0.2, -0.15) is 0 Å². The van der Waals surface area contributed by atoms with E-state index >= 15 is 0 Å². The molecule has 0 spiro atoms. The van der Waals surface area contributed by atoms with E-state index in [1.807, 2.05) is 24.3 Å². The van der Waals surface area contributed by atoms with Crippen molar-refractivity contribution in [1.29, 1.82) is 0 Å². The van der Waals surface area contributed by atoms with Crippen LogP contribution in [0.25, 0.3) is 10.9 Å². The van der Waals surface area contributed by atoms with Crippen LogP contribution in [0.5, 0.6) is 0 Å². The number of carbonyl (C=O) groups excluding carboxylic acids is 3. The molecule has 9 heteroatoms. The Kier molecular flexibility index (Phi) is 5.46. The molecule has 0 bridgehead atoms. The molecule has 3 atom stereocenters.